The van der Waals surface area contributed by atoms with Crippen LogP contribution in [0.4, 0.5) is 4.39 Å². The van der Waals surface area contributed by atoms with E-state index in [9.17, 15) is 17.6 Å². The second kappa shape index (κ2) is 8.11. The molecule has 0 N–H and O–H groups in total. The topological polar surface area (TPSA) is 75.5 Å². The molecule has 0 radical (unpaired) electrons. The molecule has 4 rings (SSSR count). The SMILES string of the molecule is Cc1nc(S(=O)(=O)N2CCC(C(=O)N3CCCC3c3ccc(F)cc3)CC2)cn1C. The predicted molar refractivity (Wildman–Crippen MR) is 110 cm³/mol. The molecule has 1 aromatic carbocycles. The van der Waals surface area contributed by atoms with Crippen molar-refractivity contribution in [2.24, 2.45) is 13.0 Å². The Balaban J connectivity index is 1.42. The summed E-state index contributed by atoms with van der Waals surface area (Å²) in [6.07, 6.45) is 4.30. The lowest BCUT2D eigenvalue weighted by Gasteiger charge is -2.34. The second-order valence-corrected chi connectivity index (χ2v) is 10.0. The summed E-state index contributed by atoms with van der Waals surface area (Å²) < 4.78 is 42.1. The number of piperidine rings is 1. The summed E-state index contributed by atoms with van der Waals surface area (Å²) in [5.41, 5.74) is 0.952. The summed E-state index contributed by atoms with van der Waals surface area (Å²) in [4.78, 5) is 19.2. The van der Waals surface area contributed by atoms with Gasteiger partial charge in [-0.15, -0.1) is 0 Å². The van der Waals surface area contributed by atoms with Crippen LogP contribution in [0.1, 0.15) is 43.1 Å². The average Bonchev–Trinajstić information content (AvgIpc) is 3.35. The maximum absolute atomic E-state index is 13.3. The van der Waals surface area contributed by atoms with Crippen molar-refractivity contribution >= 4 is 15.9 Å². The van der Waals surface area contributed by atoms with Crippen LogP contribution in [0.15, 0.2) is 35.5 Å². The molecule has 2 aromatic rings. The van der Waals surface area contributed by atoms with Crippen molar-refractivity contribution < 1.29 is 17.6 Å². The summed E-state index contributed by atoms with van der Waals surface area (Å²) in [7, 11) is -1.88. The van der Waals surface area contributed by atoms with Gasteiger partial charge < -0.3 is 9.47 Å². The van der Waals surface area contributed by atoms with E-state index in [4.69, 9.17) is 0 Å². The average molecular weight is 435 g/mol. The Morgan fingerprint density at radius 3 is 2.37 bits per heavy atom. The monoisotopic (exact) mass is 434 g/mol. The Morgan fingerprint density at radius 2 is 1.77 bits per heavy atom. The fraction of sp³-hybridized carbons (Fsp3) is 0.524. The van der Waals surface area contributed by atoms with E-state index in [0.29, 0.717) is 38.3 Å². The highest BCUT2D eigenvalue weighted by molar-refractivity contribution is 7.89. The van der Waals surface area contributed by atoms with Gasteiger partial charge in [-0.05, 0) is 50.3 Å². The summed E-state index contributed by atoms with van der Waals surface area (Å²) in [5.74, 6) is 0.237. The summed E-state index contributed by atoms with van der Waals surface area (Å²) in [5, 5.41) is 0.0585. The number of hydrogen-bond donors (Lipinski definition) is 0. The van der Waals surface area contributed by atoms with Crippen LogP contribution in [0, 0.1) is 18.7 Å². The minimum atomic E-state index is -3.65. The third kappa shape index (κ3) is 3.88. The van der Waals surface area contributed by atoms with Crippen molar-refractivity contribution in [1.82, 2.24) is 18.8 Å². The van der Waals surface area contributed by atoms with Gasteiger partial charge in [0.15, 0.2) is 5.03 Å². The van der Waals surface area contributed by atoms with Crippen LogP contribution in [0.5, 0.6) is 0 Å². The Morgan fingerprint density at radius 1 is 1.10 bits per heavy atom. The molecule has 2 saturated heterocycles. The highest BCUT2D eigenvalue weighted by Gasteiger charge is 2.38. The van der Waals surface area contributed by atoms with Gasteiger partial charge in [0.1, 0.15) is 11.6 Å². The first-order chi connectivity index (χ1) is 14.3. The van der Waals surface area contributed by atoms with Gasteiger partial charge in [-0.2, -0.15) is 4.31 Å². The molecule has 2 aliphatic heterocycles. The molecule has 1 unspecified atom stereocenters. The molecular weight excluding hydrogens is 407 g/mol. The number of halogens is 1. The molecule has 9 heteroatoms. The molecule has 3 heterocycles. The standard InChI is InChI=1S/C21H27FN4O3S/c1-15-23-20(14-24(15)2)30(28,29)25-12-9-17(10-13-25)21(27)26-11-3-4-19(26)16-5-7-18(22)8-6-16/h5-8,14,17,19H,3-4,9-13H2,1-2H3. The zero-order valence-electron chi connectivity index (χ0n) is 17.3. The van der Waals surface area contributed by atoms with Crippen LogP contribution in [-0.4, -0.2) is 52.7 Å². The fourth-order valence-corrected chi connectivity index (χ4v) is 5.92. The van der Waals surface area contributed by atoms with E-state index in [1.54, 1.807) is 30.7 Å². The number of aryl methyl sites for hydroxylation is 2. The van der Waals surface area contributed by atoms with Gasteiger partial charge >= 0.3 is 0 Å². The quantitative estimate of drug-likeness (QED) is 0.741. The van der Waals surface area contributed by atoms with E-state index in [1.807, 2.05) is 4.90 Å². The van der Waals surface area contributed by atoms with Crippen LogP contribution in [-0.2, 0) is 21.9 Å². The smallest absolute Gasteiger partial charge is 0.262 e. The van der Waals surface area contributed by atoms with E-state index in [0.717, 1.165) is 18.4 Å². The molecule has 1 amide bonds. The van der Waals surface area contributed by atoms with E-state index < -0.39 is 10.0 Å². The van der Waals surface area contributed by atoms with E-state index >= 15 is 0 Å². The lowest BCUT2D eigenvalue weighted by atomic mass is 9.95. The van der Waals surface area contributed by atoms with Crippen LogP contribution in [0.25, 0.3) is 0 Å². The van der Waals surface area contributed by atoms with Gasteiger partial charge in [0, 0.05) is 38.8 Å². The zero-order chi connectivity index (χ0) is 21.5. The first-order valence-electron chi connectivity index (χ1n) is 10.3. The van der Waals surface area contributed by atoms with E-state index in [1.165, 1.54) is 22.6 Å². The largest absolute Gasteiger partial charge is 0.337 e. The normalized spacial score (nSPS) is 21.3. The predicted octanol–water partition coefficient (Wildman–Crippen LogP) is 2.63. The first kappa shape index (κ1) is 21.0. The van der Waals surface area contributed by atoms with Gasteiger partial charge in [0.25, 0.3) is 10.0 Å². The van der Waals surface area contributed by atoms with Crippen LogP contribution >= 0.6 is 0 Å². The minimum absolute atomic E-state index is 0.0312. The summed E-state index contributed by atoms with van der Waals surface area (Å²) >= 11 is 0. The molecule has 162 valence electrons. The molecule has 0 bridgehead atoms. The van der Waals surface area contributed by atoms with Crippen molar-refractivity contribution in [1.29, 1.82) is 0 Å². The first-order valence-corrected chi connectivity index (χ1v) is 11.8. The van der Waals surface area contributed by atoms with Crippen molar-refractivity contribution in [2.75, 3.05) is 19.6 Å². The highest BCUT2D eigenvalue weighted by Crippen LogP contribution is 2.35. The Hall–Kier alpha value is -2.26. The second-order valence-electron chi connectivity index (χ2n) is 8.16. The number of benzene rings is 1. The summed E-state index contributed by atoms with van der Waals surface area (Å²) in [6, 6.07) is 6.32. The van der Waals surface area contributed by atoms with Crippen molar-refractivity contribution in [3.8, 4) is 0 Å². The molecule has 2 aliphatic rings. The van der Waals surface area contributed by atoms with E-state index in [2.05, 4.69) is 4.98 Å². The van der Waals surface area contributed by atoms with Crippen LogP contribution in [0.2, 0.25) is 0 Å². The lowest BCUT2D eigenvalue weighted by molar-refractivity contribution is -0.137. The third-order valence-corrected chi connectivity index (χ3v) is 8.05. The van der Waals surface area contributed by atoms with Crippen molar-refractivity contribution in [3.63, 3.8) is 0 Å². The zero-order valence-corrected chi connectivity index (χ0v) is 18.1. The number of aromatic nitrogens is 2. The lowest BCUT2D eigenvalue weighted by Crippen LogP contribution is -2.44. The van der Waals surface area contributed by atoms with Crippen LogP contribution < -0.4 is 0 Å². The highest BCUT2D eigenvalue weighted by atomic mass is 32.2. The molecule has 0 spiro atoms. The molecule has 1 aromatic heterocycles. The molecule has 0 aliphatic carbocycles. The number of sulfonamides is 1. The van der Waals surface area contributed by atoms with E-state index in [-0.39, 0.29) is 28.7 Å². The number of nitrogens with zero attached hydrogens (tertiary/aromatic N) is 4. The Labute approximate surface area is 176 Å². The molecular formula is C21H27FN4O3S. The number of hydrogen-bond acceptors (Lipinski definition) is 4. The van der Waals surface area contributed by atoms with Gasteiger partial charge in [0.2, 0.25) is 5.91 Å². The molecule has 7 nitrogen and oxygen atoms in total. The molecule has 1 atom stereocenters. The fourth-order valence-electron chi connectivity index (χ4n) is 4.42. The Bertz CT molecular complexity index is 1010. The number of likely N-dealkylation sites (tertiary alicyclic amines) is 1. The number of amides is 1. The number of carbonyl (C=O) groups excluding carboxylic acids is 1. The third-order valence-electron chi connectivity index (χ3n) is 6.28. The van der Waals surface area contributed by atoms with Gasteiger partial charge in [-0.25, -0.2) is 17.8 Å². The van der Waals surface area contributed by atoms with Crippen LogP contribution in [0.3, 0.4) is 0 Å². The maximum atomic E-state index is 13.3. The molecule has 30 heavy (non-hydrogen) atoms. The molecule has 2 fully saturated rings. The number of rotatable bonds is 4. The minimum Gasteiger partial charge on any atom is -0.337 e. The van der Waals surface area contributed by atoms with Gasteiger partial charge in [0.05, 0.1) is 6.04 Å². The van der Waals surface area contributed by atoms with Gasteiger partial charge in [-0.3, -0.25) is 4.79 Å². The maximum Gasteiger partial charge on any atom is 0.262 e. The Kier molecular flexibility index (Phi) is 5.67. The van der Waals surface area contributed by atoms with Gasteiger partial charge in [-0.1, -0.05) is 12.1 Å². The van der Waals surface area contributed by atoms with Crippen molar-refractivity contribution in [3.05, 3.63) is 47.7 Å². The number of imidazole rings is 1. The molecule has 0 saturated carbocycles. The summed E-state index contributed by atoms with van der Waals surface area (Å²) in [6.45, 7) is 3.07. The number of carbonyl (C=O) groups is 1. The van der Waals surface area contributed by atoms with Crippen molar-refractivity contribution in [2.45, 2.75) is 43.7 Å².